The highest BCUT2D eigenvalue weighted by atomic mass is 32.2. The van der Waals surface area contributed by atoms with E-state index in [1.54, 1.807) is 0 Å². The molecule has 0 bridgehead atoms. The van der Waals surface area contributed by atoms with Gasteiger partial charge in [0, 0.05) is 12.1 Å². The largest absolute Gasteiger partial charge is 0.306 e. The molecule has 0 aliphatic carbocycles. The summed E-state index contributed by atoms with van der Waals surface area (Å²) in [6.45, 7) is 3.74. The quantitative estimate of drug-likeness (QED) is 0.637. The van der Waals surface area contributed by atoms with Crippen molar-refractivity contribution in [1.82, 2.24) is 4.72 Å². The molecule has 0 aromatic heterocycles. The lowest BCUT2D eigenvalue weighted by Gasteiger charge is -2.18. The first-order valence-corrected chi connectivity index (χ1v) is 8.75. The van der Waals surface area contributed by atoms with E-state index in [1.165, 1.54) is 0 Å². The molecule has 2 aromatic carbocycles. The standard InChI is InChI=1S/C16H17FN2O4S/c1-3-15(12-6-4-11(2)5-7-12)18-24(22,23)13-8-9-14(17)16(10-13)19(20)21/h4-10,15,18H,3H2,1-2H3/t15-/m1/s1. The van der Waals surface area contributed by atoms with E-state index in [-0.39, 0.29) is 4.90 Å². The Kier molecular flexibility index (Phi) is 5.30. The lowest BCUT2D eigenvalue weighted by Crippen LogP contribution is -2.28. The van der Waals surface area contributed by atoms with Crippen LogP contribution in [0.25, 0.3) is 0 Å². The van der Waals surface area contributed by atoms with Crippen LogP contribution in [0.2, 0.25) is 0 Å². The van der Waals surface area contributed by atoms with Gasteiger partial charge in [0.2, 0.25) is 15.8 Å². The Bertz CT molecular complexity index is 851. The fourth-order valence-corrected chi connectivity index (χ4v) is 3.57. The molecule has 0 spiro atoms. The van der Waals surface area contributed by atoms with Gasteiger partial charge in [-0.25, -0.2) is 13.1 Å². The Morgan fingerprint density at radius 3 is 2.38 bits per heavy atom. The lowest BCUT2D eigenvalue weighted by molar-refractivity contribution is -0.387. The molecule has 0 aliphatic heterocycles. The van der Waals surface area contributed by atoms with Gasteiger partial charge in [0.1, 0.15) is 0 Å². The average Bonchev–Trinajstić information content (AvgIpc) is 2.53. The van der Waals surface area contributed by atoms with Crippen molar-refractivity contribution in [1.29, 1.82) is 0 Å². The molecule has 0 saturated heterocycles. The van der Waals surface area contributed by atoms with Crippen molar-refractivity contribution in [2.45, 2.75) is 31.2 Å². The third kappa shape index (κ3) is 3.95. The van der Waals surface area contributed by atoms with Crippen molar-refractivity contribution >= 4 is 15.7 Å². The van der Waals surface area contributed by atoms with Gasteiger partial charge in [0.15, 0.2) is 0 Å². The fraction of sp³-hybridized carbons (Fsp3) is 0.250. The molecule has 0 unspecified atom stereocenters. The molecule has 0 aliphatic rings. The Morgan fingerprint density at radius 1 is 1.21 bits per heavy atom. The highest BCUT2D eigenvalue weighted by Gasteiger charge is 2.24. The highest BCUT2D eigenvalue weighted by Crippen LogP contribution is 2.24. The van der Waals surface area contributed by atoms with E-state index in [4.69, 9.17) is 0 Å². The van der Waals surface area contributed by atoms with Crippen LogP contribution in [0.5, 0.6) is 0 Å². The molecule has 6 nitrogen and oxygen atoms in total. The van der Waals surface area contributed by atoms with E-state index in [0.717, 1.165) is 29.3 Å². The van der Waals surface area contributed by atoms with Crippen molar-refractivity contribution in [2.75, 3.05) is 0 Å². The van der Waals surface area contributed by atoms with Crippen LogP contribution in [0.1, 0.15) is 30.5 Å². The number of nitrogens with one attached hydrogen (secondary N) is 1. The molecule has 0 radical (unpaired) electrons. The second kappa shape index (κ2) is 7.06. The highest BCUT2D eigenvalue weighted by molar-refractivity contribution is 7.89. The molecule has 1 N–H and O–H groups in total. The van der Waals surface area contributed by atoms with Crippen LogP contribution >= 0.6 is 0 Å². The van der Waals surface area contributed by atoms with E-state index in [0.29, 0.717) is 6.42 Å². The molecule has 8 heteroatoms. The molecular weight excluding hydrogens is 335 g/mol. The van der Waals surface area contributed by atoms with Crippen LogP contribution in [0.4, 0.5) is 10.1 Å². The van der Waals surface area contributed by atoms with E-state index in [9.17, 15) is 22.9 Å². The number of hydrogen-bond acceptors (Lipinski definition) is 4. The minimum atomic E-state index is -4.02. The van der Waals surface area contributed by atoms with Gasteiger partial charge >= 0.3 is 5.69 Å². The molecule has 0 fully saturated rings. The summed E-state index contributed by atoms with van der Waals surface area (Å²) in [6, 6.07) is 9.40. The van der Waals surface area contributed by atoms with E-state index >= 15 is 0 Å². The van der Waals surface area contributed by atoms with E-state index in [2.05, 4.69) is 4.72 Å². The number of nitrogens with zero attached hydrogens (tertiary/aromatic N) is 1. The van der Waals surface area contributed by atoms with Gasteiger partial charge in [0.05, 0.1) is 9.82 Å². The smallest absolute Gasteiger partial charge is 0.258 e. The zero-order valence-corrected chi connectivity index (χ0v) is 14.0. The maximum Gasteiger partial charge on any atom is 0.306 e. The molecule has 0 amide bonds. The summed E-state index contributed by atoms with van der Waals surface area (Å²) in [5.74, 6) is -1.08. The summed E-state index contributed by atoms with van der Waals surface area (Å²) in [4.78, 5) is 9.48. The number of aryl methyl sites for hydroxylation is 1. The van der Waals surface area contributed by atoms with Crippen LogP contribution in [0.3, 0.4) is 0 Å². The number of hydrogen-bond donors (Lipinski definition) is 1. The van der Waals surface area contributed by atoms with Crippen LogP contribution < -0.4 is 4.72 Å². The Hall–Kier alpha value is -2.32. The summed E-state index contributed by atoms with van der Waals surface area (Å²) in [7, 11) is -4.02. The summed E-state index contributed by atoms with van der Waals surface area (Å²) >= 11 is 0. The Balaban J connectivity index is 2.34. The number of benzene rings is 2. The zero-order chi connectivity index (χ0) is 17.9. The van der Waals surface area contributed by atoms with Gasteiger partial charge in [-0.3, -0.25) is 10.1 Å². The van der Waals surface area contributed by atoms with Crippen molar-refractivity contribution in [3.05, 3.63) is 69.5 Å². The zero-order valence-electron chi connectivity index (χ0n) is 13.2. The van der Waals surface area contributed by atoms with Crippen LogP contribution in [0.15, 0.2) is 47.4 Å². The third-order valence-electron chi connectivity index (χ3n) is 3.61. The molecule has 2 aromatic rings. The minimum Gasteiger partial charge on any atom is -0.258 e. The van der Waals surface area contributed by atoms with Gasteiger partial charge in [-0.15, -0.1) is 0 Å². The average molecular weight is 352 g/mol. The summed E-state index contributed by atoms with van der Waals surface area (Å²) < 4.78 is 40.8. The first-order valence-electron chi connectivity index (χ1n) is 7.27. The Labute approximate surface area is 139 Å². The van der Waals surface area contributed by atoms with Crippen molar-refractivity contribution in [3.63, 3.8) is 0 Å². The second-order valence-electron chi connectivity index (χ2n) is 5.36. The molecule has 128 valence electrons. The predicted molar refractivity (Wildman–Crippen MR) is 87.6 cm³/mol. The normalized spacial score (nSPS) is 12.8. The fourth-order valence-electron chi connectivity index (χ4n) is 2.24. The first-order chi connectivity index (χ1) is 11.2. The summed E-state index contributed by atoms with van der Waals surface area (Å²) in [5, 5.41) is 10.8. The van der Waals surface area contributed by atoms with Crippen molar-refractivity contribution in [2.24, 2.45) is 0 Å². The Morgan fingerprint density at radius 2 is 1.83 bits per heavy atom. The predicted octanol–water partition coefficient (Wildman–Crippen LogP) is 3.47. The summed E-state index contributed by atoms with van der Waals surface area (Å²) in [5.41, 5.74) is 0.954. The van der Waals surface area contributed by atoms with Crippen molar-refractivity contribution < 1.29 is 17.7 Å². The van der Waals surface area contributed by atoms with Crippen LogP contribution in [0, 0.1) is 22.9 Å². The number of sulfonamides is 1. The van der Waals surface area contributed by atoms with Gasteiger partial charge in [0.25, 0.3) is 0 Å². The minimum absolute atomic E-state index is 0.346. The number of rotatable bonds is 6. The molecular formula is C16H17FN2O4S. The molecule has 1 atom stereocenters. The number of nitro groups is 1. The van der Waals surface area contributed by atoms with Crippen molar-refractivity contribution in [3.8, 4) is 0 Å². The van der Waals surface area contributed by atoms with Gasteiger partial charge < -0.3 is 0 Å². The third-order valence-corrected chi connectivity index (χ3v) is 5.08. The topological polar surface area (TPSA) is 89.3 Å². The maximum atomic E-state index is 13.4. The number of halogens is 1. The summed E-state index contributed by atoms with van der Waals surface area (Å²) in [6.07, 6.45) is 0.492. The SMILES string of the molecule is CC[C@@H](NS(=O)(=O)c1ccc(F)c([N+](=O)[O-])c1)c1ccc(C)cc1. The van der Waals surface area contributed by atoms with Gasteiger partial charge in [-0.05, 0) is 31.0 Å². The first kappa shape index (κ1) is 18.0. The maximum absolute atomic E-state index is 13.4. The van der Waals surface area contributed by atoms with Crippen LogP contribution in [-0.4, -0.2) is 13.3 Å². The molecule has 2 rings (SSSR count). The molecule has 24 heavy (non-hydrogen) atoms. The molecule has 0 heterocycles. The monoisotopic (exact) mass is 352 g/mol. The van der Waals surface area contributed by atoms with Gasteiger partial charge in [-0.1, -0.05) is 36.8 Å². The van der Waals surface area contributed by atoms with E-state index in [1.807, 2.05) is 38.1 Å². The van der Waals surface area contributed by atoms with E-state index < -0.39 is 32.5 Å². The lowest BCUT2D eigenvalue weighted by atomic mass is 10.0. The number of nitro benzene ring substituents is 1. The molecule has 0 saturated carbocycles. The second-order valence-corrected chi connectivity index (χ2v) is 7.08. The van der Waals surface area contributed by atoms with Gasteiger partial charge in [-0.2, -0.15) is 4.39 Å². The van der Waals surface area contributed by atoms with Crippen LogP contribution in [-0.2, 0) is 10.0 Å².